The molecule has 0 fully saturated rings. The van der Waals surface area contributed by atoms with Crippen LogP contribution in [0.25, 0.3) is 10.9 Å². The monoisotopic (exact) mass is 490 g/mol. The van der Waals surface area contributed by atoms with Gasteiger partial charge in [0.15, 0.2) is 0 Å². The lowest BCUT2D eigenvalue weighted by Crippen LogP contribution is -2.29. The average molecular weight is 491 g/mol. The summed E-state index contributed by atoms with van der Waals surface area (Å²) in [6.45, 7) is 7.44. The van der Waals surface area contributed by atoms with E-state index in [4.69, 9.17) is 4.74 Å². The number of para-hydroxylation sites is 2. The first-order valence-electron chi connectivity index (χ1n) is 13.0. The minimum atomic E-state index is -0.347. The number of carbonyl (C=O) groups is 2. The predicted octanol–water partition coefficient (Wildman–Crippen LogP) is 7.00. The minimum absolute atomic E-state index is 0.215. The van der Waals surface area contributed by atoms with Crippen molar-refractivity contribution < 1.29 is 14.3 Å². The molecule has 3 amide bonds. The number of hydrogen-bond donors (Lipinski definition) is 3. The molecular formula is C29H38N4O3. The molecule has 0 aliphatic carbocycles. The zero-order valence-electron chi connectivity index (χ0n) is 21.6. The molecule has 0 unspecified atom stereocenters. The fourth-order valence-electron chi connectivity index (χ4n) is 3.80. The third kappa shape index (κ3) is 8.26. The summed E-state index contributed by atoms with van der Waals surface area (Å²) in [4.78, 5) is 30.2. The van der Waals surface area contributed by atoms with Crippen molar-refractivity contribution in [3.8, 4) is 5.75 Å². The van der Waals surface area contributed by atoms with Crippen molar-refractivity contribution in [2.24, 2.45) is 5.92 Å². The van der Waals surface area contributed by atoms with Gasteiger partial charge in [0.1, 0.15) is 11.4 Å². The number of amides is 3. The molecule has 3 N–H and O–H groups in total. The number of pyridine rings is 1. The van der Waals surface area contributed by atoms with Gasteiger partial charge in [0, 0.05) is 23.7 Å². The Labute approximate surface area is 214 Å². The highest BCUT2D eigenvalue weighted by Gasteiger charge is 2.17. The molecule has 0 aliphatic heterocycles. The van der Waals surface area contributed by atoms with Gasteiger partial charge in [0.2, 0.25) is 0 Å². The van der Waals surface area contributed by atoms with Crippen LogP contribution in [0.5, 0.6) is 5.75 Å². The second kappa shape index (κ2) is 14.1. The Hall–Kier alpha value is -3.61. The van der Waals surface area contributed by atoms with Crippen molar-refractivity contribution in [1.29, 1.82) is 0 Å². The van der Waals surface area contributed by atoms with Crippen LogP contribution in [0.2, 0.25) is 0 Å². The van der Waals surface area contributed by atoms with Crippen LogP contribution in [-0.4, -0.2) is 30.1 Å². The third-order valence-electron chi connectivity index (χ3n) is 5.70. The van der Waals surface area contributed by atoms with Crippen LogP contribution in [0.1, 0.15) is 69.8 Å². The first-order valence-corrected chi connectivity index (χ1v) is 13.0. The van der Waals surface area contributed by atoms with Gasteiger partial charge in [0.05, 0.1) is 17.8 Å². The molecule has 36 heavy (non-hydrogen) atoms. The van der Waals surface area contributed by atoms with Gasteiger partial charge >= 0.3 is 6.03 Å². The summed E-state index contributed by atoms with van der Waals surface area (Å²) < 4.78 is 6.05. The molecule has 0 aliphatic rings. The maximum absolute atomic E-state index is 13.0. The predicted molar refractivity (Wildman–Crippen MR) is 147 cm³/mol. The van der Waals surface area contributed by atoms with E-state index in [0.29, 0.717) is 41.7 Å². The van der Waals surface area contributed by atoms with Crippen LogP contribution in [0.4, 0.5) is 16.2 Å². The summed E-state index contributed by atoms with van der Waals surface area (Å²) in [6.07, 6.45) is 6.97. The number of nitrogens with zero attached hydrogens (tertiary/aromatic N) is 1. The summed E-state index contributed by atoms with van der Waals surface area (Å²) in [7, 11) is 0. The number of benzene rings is 2. The van der Waals surface area contributed by atoms with Gasteiger partial charge < -0.3 is 20.7 Å². The van der Waals surface area contributed by atoms with Crippen LogP contribution in [-0.2, 0) is 0 Å². The smallest absolute Gasteiger partial charge is 0.319 e. The second-order valence-electron chi connectivity index (χ2n) is 9.38. The molecule has 3 rings (SSSR count). The van der Waals surface area contributed by atoms with Crippen LogP contribution >= 0.6 is 0 Å². The van der Waals surface area contributed by atoms with Gasteiger partial charge in [-0.25, -0.2) is 9.78 Å². The summed E-state index contributed by atoms with van der Waals surface area (Å²) >= 11 is 0. The molecule has 0 saturated heterocycles. The number of nitrogens with one attached hydrogen (secondary N) is 3. The Morgan fingerprint density at radius 3 is 2.42 bits per heavy atom. The Balaban J connectivity index is 1.78. The van der Waals surface area contributed by atoms with Crippen molar-refractivity contribution >= 4 is 34.2 Å². The molecule has 1 heterocycles. The van der Waals surface area contributed by atoms with E-state index in [0.717, 1.165) is 18.2 Å². The van der Waals surface area contributed by atoms with Crippen molar-refractivity contribution in [3.05, 3.63) is 60.3 Å². The highest BCUT2D eigenvalue weighted by molar-refractivity contribution is 6.07. The molecule has 0 radical (unpaired) electrons. The zero-order chi connectivity index (χ0) is 25.8. The van der Waals surface area contributed by atoms with Crippen LogP contribution in [0.15, 0.2) is 54.6 Å². The van der Waals surface area contributed by atoms with Gasteiger partial charge in [-0.2, -0.15) is 0 Å². The molecule has 7 nitrogen and oxygen atoms in total. The number of aromatic nitrogens is 1. The molecule has 192 valence electrons. The van der Waals surface area contributed by atoms with Gasteiger partial charge in [-0.05, 0) is 36.6 Å². The standard InChI is InChI=1S/C29H38N4O3/c1-4-5-6-7-8-12-18-30-29(35)33-24-17-13-16-23-26(36-20-21(2)3)19-25(32-27(23)24)28(34)31-22-14-10-9-11-15-22/h9-11,13-17,19,21H,4-8,12,18,20H2,1-3H3,(H,31,34)(H2,30,33,35). The van der Waals surface area contributed by atoms with Gasteiger partial charge in [-0.3, -0.25) is 4.79 Å². The Kier molecular flexibility index (Phi) is 10.5. The lowest BCUT2D eigenvalue weighted by molar-refractivity contribution is 0.102. The Morgan fingerprint density at radius 2 is 1.67 bits per heavy atom. The van der Waals surface area contributed by atoms with Gasteiger partial charge in [-0.1, -0.05) is 77.1 Å². The molecule has 0 bridgehead atoms. The number of anilines is 2. The van der Waals surface area contributed by atoms with E-state index in [1.165, 1.54) is 25.7 Å². The average Bonchev–Trinajstić information content (AvgIpc) is 2.87. The number of hydrogen-bond acceptors (Lipinski definition) is 4. The van der Waals surface area contributed by atoms with Crippen molar-refractivity contribution in [2.45, 2.75) is 59.3 Å². The van der Waals surface area contributed by atoms with Crippen LogP contribution in [0.3, 0.4) is 0 Å². The largest absolute Gasteiger partial charge is 0.493 e. The van der Waals surface area contributed by atoms with E-state index >= 15 is 0 Å². The second-order valence-corrected chi connectivity index (χ2v) is 9.38. The summed E-state index contributed by atoms with van der Waals surface area (Å²) in [5, 5.41) is 9.44. The fraction of sp³-hybridized carbons (Fsp3) is 0.414. The van der Waals surface area contributed by atoms with E-state index in [9.17, 15) is 9.59 Å². The molecule has 1 aromatic heterocycles. The molecule has 2 aromatic carbocycles. The van der Waals surface area contributed by atoms with E-state index < -0.39 is 0 Å². The minimum Gasteiger partial charge on any atom is -0.493 e. The number of carbonyl (C=O) groups excluding carboxylic acids is 2. The van der Waals surface area contributed by atoms with E-state index in [1.54, 1.807) is 12.1 Å². The van der Waals surface area contributed by atoms with E-state index in [1.807, 2.05) is 42.5 Å². The maximum atomic E-state index is 13.0. The van der Waals surface area contributed by atoms with Crippen molar-refractivity contribution in [2.75, 3.05) is 23.8 Å². The summed E-state index contributed by atoms with van der Waals surface area (Å²) in [6, 6.07) is 16.1. The highest BCUT2D eigenvalue weighted by Crippen LogP contribution is 2.31. The first kappa shape index (κ1) is 27.0. The lowest BCUT2D eigenvalue weighted by Gasteiger charge is -2.15. The van der Waals surface area contributed by atoms with Gasteiger partial charge in [-0.15, -0.1) is 0 Å². The zero-order valence-corrected chi connectivity index (χ0v) is 21.6. The number of fused-ring (bicyclic) bond motifs is 1. The molecule has 7 heteroatoms. The SMILES string of the molecule is CCCCCCCCNC(=O)Nc1cccc2c(OCC(C)C)cc(C(=O)Nc3ccccc3)nc12. The lowest BCUT2D eigenvalue weighted by atomic mass is 10.1. The number of rotatable bonds is 13. The molecule has 0 spiro atoms. The molecular weight excluding hydrogens is 452 g/mol. The summed E-state index contributed by atoms with van der Waals surface area (Å²) in [5.74, 6) is 0.520. The van der Waals surface area contributed by atoms with E-state index in [2.05, 4.69) is 41.7 Å². The topological polar surface area (TPSA) is 92.4 Å². The quantitative estimate of drug-likeness (QED) is 0.225. The molecule has 0 saturated carbocycles. The Bertz CT molecular complexity index is 1130. The Morgan fingerprint density at radius 1 is 0.917 bits per heavy atom. The maximum Gasteiger partial charge on any atom is 0.319 e. The number of unbranched alkanes of at least 4 members (excludes halogenated alkanes) is 5. The van der Waals surface area contributed by atoms with E-state index in [-0.39, 0.29) is 17.6 Å². The third-order valence-corrected chi connectivity index (χ3v) is 5.70. The normalized spacial score (nSPS) is 10.9. The fourth-order valence-corrected chi connectivity index (χ4v) is 3.80. The summed E-state index contributed by atoms with van der Waals surface area (Å²) in [5.41, 5.74) is 1.92. The van der Waals surface area contributed by atoms with Gasteiger partial charge in [0.25, 0.3) is 5.91 Å². The number of ether oxygens (including phenoxy) is 1. The van der Waals surface area contributed by atoms with Crippen molar-refractivity contribution in [1.82, 2.24) is 10.3 Å². The molecule has 3 aromatic rings. The molecule has 0 atom stereocenters. The van der Waals surface area contributed by atoms with Crippen LogP contribution < -0.4 is 20.7 Å². The highest BCUT2D eigenvalue weighted by atomic mass is 16.5. The first-order chi connectivity index (χ1) is 17.5. The van der Waals surface area contributed by atoms with Crippen LogP contribution in [0, 0.1) is 5.92 Å². The van der Waals surface area contributed by atoms with Crippen molar-refractivity contribution in [3.63, 3.8) is 0 Å². The number of urea groups is 1.